The Morgan fingerprint density at radius 1 is 1.44 bits per heavy atom. The van der Waals surface area contributed by atoms with Crippen LogP contribution in [0, 0.1) is 0 Å². The van der Waals surface area contributed by atoms with Gasteiger partial charge in [-0.3, -0.25) is 4.90 Å². The Hall–Kier alpha value is -0.380. The largest absolute Gasteiger partial charge is 0.315 e. The normalized spacial score (nSPS) is 15.9. The molecule has 1 aromatic heterocycles. The number of thiophene rings is 1. The van der Waals surface area contributed by atoms with Gasteiger partial charge in [0.05, 0.1) is 0 Å². The molecular formula is C13H22N2S. The summed E-state index contributed by atoms with van der Waals surface area (Å²) in [4.78, 5) is 2.59. The summed E-state index contributed by atoms with van der Waals surface area (Å²) >= 11 is 1.79. The maximum Gasteiger partial charge on any atom is 0.0110 e. The molecule has 90 valence electrons. The van der Waals surface area contributed by atoms with Crippen molar-refractivity contribution < 1.29 is 0 Å². The van der Waals surface area contributed by atoms with Crippen molar-refractivity contribution in [2.75, 3.05) is 26.2 Å². The van der Waals surface area contributed by atoms with E-state index in [0.29, 0.717) is 0 Å². The van der Waals surface area contributed by atoms with E-state index >= 15 is 0 Å². The second-order valence-electron chi connectivity index (χ2n) is 4.49. The third kappa shape index (κ3) is 3.89. The predicted molar refractivity (Wildman–Crippen MR) is 71.2 cm³/mol. The Kier molecular flexibility index (Phi) is 4.82. The van der Waals surface area contributed by atoms with E-state index < -0.39 is 0 Å². The minimum absolute atomic E-state index is 0.906. The fourth-order valence-corrected chi connectivity index (χ4v) is 2.76. The molecule has 2 nitrogen and oxygen atoms in total. The molecule has 0 bridgehead atoms. The fraction of sp³-hybridized carbons (Fsp3) is 0.692. The number of hydrogen-bond donors (Lipinski definition) is 1. The van der Waals surface area contributed by atoms with E-state index in [-0.39, 0.29) is 0 Å². The van der Waals surface area contributed by atoms with Crippen molar-refractivity contribution in [2.24, 2.45) is 0 Å². The molecule has 1 aromatic rings. The second-order valence-corrected chi connectivity index (χ2v) is 5.27. The Bertz CT molecular complexity index is 280. The molecule has 2 rings (SSSR count). The summed E-state index contributed by atoms with van der Waals surface area (Å²) in [5, 5.41) is 7.93. The average Bonchev–Trinajstić information content (AvgIpc) is 3.01. The lowest BCUT2D eigenvalue weighted by Gasteiger charge is -2.19. The van der Waals surface area contributed by atoms with Crippen LogP contribution in [0.25, 0.3) is 0 Å². The summed E-state index contributed by atoms with van der Waals surface area (Å²) in [6.07, 6.45) is 4.00. The van der Waals surface area contributed by atoms with Crippen LogP contribution in [0.15, 0.2) is 16.8 Å². The summed E-state index contributed by atoms with van der Waals surface area (Å²) in [5.74, 6) is 0. The fourth-order valence-electron chi connectivity index (χ4n) is 2.05. The molecule has 16 heavy (non-hydrogen) atoms. The third-order valence-corrected chi connectivity index (χ3v) is 3.95. The summed E-state index contributed by atoms with van der Waals surface area (Å²) in [6, 6.07) is 3.12. The highest BCUT2D eigenvalue weighted by atomic mass is 32.1. The number of rotatable bonds is 8. The van der Waals surface area contributed by atoms with E-state index in [1.54, 1.807) is 11.3 Å². The Balaban J connectivity index is 1.51. The molecule has 1 saturated carbocycles. The Labute approximate surface area is 103 Å². The Morgan fingerprint density at radius 3 is 2.94 bits per heavy atom. The maximum absolute atomic E-state index is 3.53. The van der Waals surface area contributed by atoms with Gasteiger partial charge in [-0.05, 0) is 54.7 Å². The van der Waals surface area contributed by atoms with Crippen LogP contribution in [-0.2, 0) is 6.42 Å². The number of likely N-dealkylation sites (N-methyl/N-ethyl adjacent to an activating group) is 1. The average molecular weight is 238 g/mol. The Morgan fingerprint density at radius 2 is 2.31 bits per heavy atom. The predicted octanol–water partition coefficient (Wildman–Crippen LogP) is 2.36. The van der Waals surface area contributed by atoms with E-state index in [9.17, 15) is 0 Å². The van der Waals surface area contributed by atoms with Crippen molar-refractivity contribution in [2.45, 2.75) is 32.2 Å². The van der Waals surface area contributed by atoms with Crippen molar-refractivity contribution in [3.63, 3.8) is 0 Å². The first-order valence-corrected chi connectivity index (χ1v) is 7.30. The van der Waals surface area contributed by atoms with Crippen LogP contribution in [0.1, 0.15) is 25.3 Å². The van der Waals surface area contributed by atoms with Crippen molar-refractivity contribution in [1.29, 1.82) is 0 Å². The molecule has 0 spiro atoms. The van der Waals surface area contributed by atoms with Crippen molar-refractivity contribution >= 4 is 11.3 Å². The van der Waals surface area contributed by atoms with Gasteiger partial charge >= 0.3 is 0 Å². The van der Waals surface area contributed by atoms with Gasteiger partial charge in [0.25, 0.3) is 0 Å². The highest BCUT2D eigenvalue weighted by molar-refractivity contribution is 7.07. The zero-order valence-electron chi connectivity index (χ0n) is 10.1. The minimum Gasteiger partial charge on any atom is -0.315 e. The van der Waals surface area contributed by atoms with Crippen LogP contribution in [0.4, 0.5) is 0 Å². The summed E-state index contributed by atoms with van der Waals surface area (Å²) in [6.45, 7) is 6.93. The molecular weight excluding hydrogens is 216 g/mol. The topological polar surface area (TPSA) is 15.3 Å². The van der Waals surface area contributed by atoms with Crippen molar-refractivity contribution in [3.8, 4) is 0 Å². The van der Waals surface area contributed by atoms with Gasteiger partial charge < -0.3 is 5.32 Å². The molecule has 0 aromatic carbocycles. The van der Waals surface area contributed by atoms with Gasteiger partial charge in [0.2, 0.25) is 0 Å². The molecule has 0 saturated heterocycles. The van der Waals surface area contributed by atoms with E-state index in [2.05, 4.69) is 34.0 Å². The van der Waals surface area contributed by atoms with Gasteiger partial charge in [-0.25, -0.2) is 0 Å². The van der Waals surface area contributed by atoms with E-state index in [4.69, 9.17) is 0 Å². The number of nitrogens with zero attached hydrogens (tertiary/aromatic N) is 1. The summed E-state index contributed by atoms with van der Waals surface area (Å²) < 4.78 is 0. The molecule has 0 radical (unpaired) electrons. The first-order valence-electron chi connectivity index (χ1n) is 6.36. The first-order chi connectivity index (χ1) is 7.90. The molecule has 1 aliphatic rings. The molecule has 0 amide bonds. The molecule has 3 heteroatoms. The number of hydrogen-bond acceptors (Lipinski definition) is 3. The van der Waals surface area contributed by atoms with Gasteiger partial charge in [-0.1, -0.05) is 6.92 Å². The standard InChI is InChI=1S/C13H22N2S/c1-2-15(13-3-4-13)9-8-14-7-5-12-6-10-16-11-12/h6,10-11,13-14H,2-5,7-9H2,1H3. The van der Waals surface area contributed by atoms with Gasteiger partial charge in [0, 0.05) is 19.1 Å². The lowest BCUT2D eigenvalue weighted by molar-refractivity contribution is 0.277. The van der Waals surface area contributed by atoms with Crippen molar-refractivity contribution in [1.82, 2.24) is 10.2 Å². The van der Waals surface area contributed by atoms with Crippen molar-refractivity contribution in [3.05, 3.63) is 22.4 Å². The van der Waals surface area contributed by atoms with Gasteiger partial charge in [-0.15, -0.1) is 0 Å². The highest BCUT2D eigenvalue weighted by Gasteiger charge is 2.26. The molecule has 1 fully saturated rings. The molecule has 0 unspecified atom stereocenters. The molecule has 0 atom stereocenters. The molecule has 0 aliphatic heterocycles. The monoisotopic (exact) mass is 238 g/mol. The molecule has 1 heterocycles. The number of nitrogens with one attached hydrogen (secondary N) is 1. The molecule has 1 N–H and O–H groups in total. The highest BCUT2D eigenvalue weighted by Crippen LogP contribution is 2.25. The summed E-state index contributed by atoms with van der Waals surface area (Å²) in [7, 11) is 0. The minimum atomic E-state index is 0.906. The maximum atomic E-state index is 3.53. The van der Waals surface area contributed by atoms with Crippen LogP contribution in [-0.4, -0.2) is 37.1 Å². The van der Waals surface area contributed by atoms with E-state index in [1.807, 2.05) is 0 Å². The lowest BCUT2D eigenvalue weighted by Crippen LogP contribution is -2.34. The molecule has 1 aliphatic carbocycles. The lowest BCUT2D eigenvalue weighted by atomic mass is 10.2. The van der Waals surface area contributed by atoms with Crippen LogP contribution in [0.5, 0.6) is 0 Å². The first kappa shape index (κ1) is 12.1. The van der Waals surface area contributed by atoms with Gasteiger partial charge in [0.1, 0.15) is 0 Å². The van der Waals surface area contributed by atoms with E-state index in [0.717, 1.165) is 19.1 Å². The summed E-state index contributed by atoms with van der Waals surface area (Å²) in [5.41, 5.74) is 1.46. The zero-order chi connectivity index (χ0) is 11.2. The van der Waals surface area contributed by atoms with Crippen LogP contribution in [0.3, 0.4) is 0 Å². The van der Waals surface area contributed by atoms with Gasteiger partial charge in [-0.2, -0.15) is 11.3 Å². The third-order valence-electron chi connectivity index (χ3n) is 3.22. The van der Waals surface area contributed by atoms with Crippen LogP contribution in [0.2, 0.25) is 0 Å². The second kappa shape index (κ2) is 6.38. The SMILES string of the molecule is CCN(CCNCCc1ccsc1)C1CC1. The zero-order valence-corrected chi connectivity index (χ0v) is 10.9. The quantitative estimate of drug-likeness (QED) is 0.700. The van der Waals surface area contributed by atoms with Gasteiger partial charge in [0.15, 0.2) is 0 Å². The van der Waals surface area contributed by atoms with E-state index in [1.165, 1.54) is 37.9 Å². The smallest absolute Gasteiger partial charge is 0.0110 e. The van der Waals surface area contributed by atoms with Crippen LogP contribution >= 0.6 is 11.3 Å². The van der Waals surface area contributed by atoms with Crippen LogP contribution < -0.4 is 5.32 Å².